The molecule has 0 aliphatic carbocycles. The number of hydrogen-bond donors (Lipinski definition) is 0. The van der Waals surface area contributed by atoms with Gasteiger partial charge in [-0.25, -0.2) is 9.97 Å². The van der Waals surface area contributed by atoms with Gasteiger partial charge in [-0.1, -0.05) is 207 Å². The Morgan fingerprint density at radius 3 is 0.852 bits per heavy atom. The van der Waals surface area contributed by atoms with Crippen LogP contribution < -0.4 is 32.1 Å². The Bertz CT molecular complexity index is 2560. The van der Waals surface area contributed by atoms with Crippen LogP contribution >= 0.6 is 13.8 Å². The molecular formula is C50H38N2P2. The molecule has 258 valence electrons. The van der Waals surface area contributed by atoms with E-state index in [1.165, 1.54) is 21.2 Å². The maximum atomic E-state index is 5.73. The average Bonchev–Trinajstić information content (AvgIpc) is 3.26. The molecule has 0 N–H and O–H groups in total. The third-order valence-corrected chi connectivity index (χ3v) is 17.2. The van der Waals surface area contributed by atoms with E-state index in [1.54, 1.807) is 0 Å². The van der Waals surface area contributed by atoms with Gasteiger partial charge in [0.25, 0.3) is 0 Å². The van der Waals surface area contributed by atoms with E-state index in [9.17, 15) is 0 Å². The van der Waals surface area contributed by atoms with Gasteiger partial charge >= 0.3 is 0 Å². The molecule has 4 heteroatoms. The lowest BCUT2D eigenvalue weighted by molar-refractivity contribution is 1.43. The summed E-state index contributed by atoms with van der Waals surface area (Å²) in [5.74, 6) is 0. The number of hydrogen-bond acceptors (Lipinski definition) is 2. The summed E-state index contributed by atoms with van der Waals surface area (Å²) in [4.78, 5) is 11.5. The first-order valence-corrected chi connectivity index (χ1v) is 22.1. The van der Waals surface area contributed by atoms with Crippen LogP contribution in [0.3, 0.4) is 0 Å². The van der Waals surface area contributed by atoms with Gasteiger partial charge in [-0.15, -0.1) is 0 Å². The summed E-state index contributed by atoms with van der Waals surface area (Å²) in [6, 6.07) is 73.1. The number of benzene rings is 7. The van der Waals surface area contributed by atoms with Crippen molar-refractivity contribution in [3.63, 3.8) is 0 Å². The van der Waals surface area contributed by atoms with Gasteiger partial charge in [-0.05, 0) is 69.4 Å². The maximum Gasteiger partial charge on any atom is 0.0979 e. The predicted octanol–water partition coefficient (Wildman–Crippen LogP) is 9.57. The Kier molecular flexibility index (Phi) is 8.80. The average molecular weight is 729 g/mol. The lowest BCUT2D eigenvalue weighted by atomic mass is 9.96. The molecule has 0 atom stereocenters. The van der Waals surface area contributed by atoms with Crippen molar-refractivity contribution < 1.29 is 0 Å². The third kappa shape index (κ3) is 5.76. The highest BCUT2D eigenvalue weighted by atomic mass is 31.2. The molecule has 0 saturated heterocycles. The normalized spacial score (nSPS) is 11.9. The Hall–Kier alpha value is -6.04. The molecule has 0 unspecified atom stereocenters. The first-order chi connectivity index (χ1) is 26.5. The van der Waals surface area contributed by atoms with Crippen molar-refractivity contribution in [1.82, 2.24) is 9.97 Å². The monoisotopic (exact) mass is 728 g/mol. The first kappa shape index (κ1) is 33.8. The molecule has 0 aliphatic rings. The van der Waals surface area contributed by atoms with E-state index in [0.29, 0.717) is 0 Å². The quantitative estimate of drug-likeness (QED) is 0.115. The van der Waals surface area contributed by atoms with Crippen molar-refractivity contribution >= 4 is 80.3 Å². The predicted molar refractivity (Wildman–Crippen MR) is 240 cm³/mol. The van der Waals surface area contributed by atoms with Crippen LogP contribution in [0.15, 0.2) is 206 Å². The van der Waals surface area contributed by atoms with Gasteiger partial charge in [0.2, 0.25) is 0 Å². The molecule has 9 aromatic rings. The smallest absolute Gasteiger partial charge is 0.0979 e. The molecular weight excluding hydrogens is 691 g/mol. The van der Waals surface area contributed by atoms with E-state index in [1.807, 2.05) is 0 Å². The maximum absolute atomic E-state index is 5.73. The number of pyridine rings is 2. The lowest BCUT2D eigenvalue weighted by Gasteiger charge is -2.28. The molecule has 0 spiro atoms. The summed E-state index contributed by atoms with van der Waals surface area (Å²) >= 11 is 0. The number of rotatable bonds is 8. The summed E-state index contributed by atoms with van der Waals surface area (Å²) in [7, 11) is 0. The highest BCUT2D eigenvalue weighted by molar-refractivity contribution is 7.93. The summed E-state index contributed by atoms with van der Waals surface area (Å²) in [6.07, 6.45) is 10.3. The molecule has 0 radical (unpaired) electrons. The molecule has 0 aliphatic heterocycles. The van der Waals surface area contributed by atoms with Gasteiger partial charge in [0.05, 0.1) is 21.9 Å². The van der Waals surface area contributed by atoms with Gasteiger partial charge in [0.1, 0.15) is 0 Å². The second kappa shape index (κ2) is 14.1. The summed E-state index contributed by atoms with van der Waals surface area (Å²) < 4.78 is 0. The standard InChI is InChI=1S/C50H38N2P2/c1-53(39-25-13-5-14-26-39,40-27-15-6-16-28-40)47-35-45(37-21-9-3-10-22-37)43-33-34-44-46(38-23-11-4-12-24-38)36-48(52-50(44)49(43)51-47)54(2,41-29-17-7-18-30-41)42-31-19-8-20-32-42/h3-36H,1-2H2. The molecule has 2 heterocycles. The zero-order valence-corrected chi connectivity index (χ0v) is 31.6. The molecule has 2 nitrogen and oxygen atoms in total. The minimum Gasteiger partial charge on any atom is -0.245 e. The van der Waals surface area contributed by atoms with Gasteiger partial charge in [0, 0.05) is 10.8 Å². The van der Waals surface area contributed by atoms with E-state index in [-0.39, 0.29) is 0 Å². The van der Waals surface area contributed by atoms with Crippen LogP contribution in [0.1, 0.15) is 0 Å². The Balaban J connectivity index is 1.45. The zero-order chi connectivity index (χ0) is 36.5. The van der Waals surface area contributed by atoms with Crippen molar-refractivity contribution in [2.75, 3.05) is 0 Å². The fraction of sp³-hybridized carbons (Fsp3) is 0. The summed E-state index contributed by atoms with van der Waals surface area (Å²) in [5.41, 5.74) is 8.17. The molecule has 2 aromatic heterocycles. The minimum atomic E-state index is -2.46. The Morgan fingerprint density at radius 2 is 0.574 bits per heavy atom. The third-order valence-electron chi connectivity index (χ3n) is 10.5. The van der Waals surface area contributed by atoms with Gasteiger partial charge < -0.3 is 0 Å². The van der Waals surface area contributed by atoms with Crippen molar-refractivity contribution in [2.45, 2.75) is 0 Å². The molecule has 54 heavy (non-hydrogen) atoms. The second-order valence-electron chi connectivity index (χ2n) is 13.6. The van der Waals surface area contributed by atoms with Crippen molar-refractivity contribution in [1.29, 1.82) is 0 Å². The van der Waals surface area contributed by atoms with Crippen LogP contribution in [0, 0.1) is 0 Å². The van der Waals surface area contributed by atoms with Crippen LogP contribution in [0.4, 0.5) is 0 Å². The van der Waals surface area contributed by atoms with Gasteiger partial charge in [-0.2, -0.15) is 0 Å². The molecule has 7 aromatic carbocycles. The fourth-order valence-corrected chi connectivity index (χ4v) is 13.2. The molecule has 0 amide bonds. The van der Waals surface area contributed by atoms with E-state index in [0.717, 1.165) is 54.9 Å². The van der Waals surface area contributed by atoms with Crippen LogP contribution in [0.25, 0.3) is 44.1 Å². The van der Waals surface area contributed by atoms with Crippen LogP contribution in [-0.4, -0.2) is 22.6 Å². The van der Waals surface area contributed by atoms with E-state index < -0.39 is 13.8 Å². The SMILES string of the molecule is C=P(c1ccccc1)(c1ccccc1)c1cc(-c2ccccc2)c2ccc3c(-c4ccccc4)cc(P(=C)(c4ccccc4)c4ccccc4)nc3c2n1. The topological polar surface area (TPSA) is 25.8 Å². The van der Waals surface area contributed by atoms with Crippen molar-refractivity contribution in [3.05, 3.63) is 206 Å². The number of nitrogens with zero attached hydrogens (tertiary/aromatic N) is 2. The van der Waals surface area contributed by atoms with E-state index in [4.69, 9.17) is 22.6 Å². The molecule has 0 bridgehead atoms. The number of aromatic nitrogens is 2. The molecule has 0 saturated carbocycles. The number of fused-ring (bicyclic) bond motifs is 3. The Labute approximate surface area is 317 Å². The lowest BCUT2D eigenvalue weighted by Crippen LogP contribution is -2.28. The summed E-state index contributed by atoms with van der Waals surface area (Å²) in [6.45, 7) is -4.92. The van der Waals surface area contributed by atoms with E-state index >= 15 is 0 Å². The highest BCUT2D eigenvalue weighted by Gasteiger charge is 2.29. The van der Waals surface area contributed by atoms with Crippen LogP contribution in [-0.2, 0) is 0 Å². The Morgan fingerprint density at radius 1 is 0.315 bits per heavy atom. The molecule has 9 rings (SSSR count). The highest BCUT2D eigenvalue weighted by Crippen LogP contribution is 2.46. The van der Waals surface area contributed by atoms with Crippen LogP contribution in [0.2, 0.25) is 0 Å². The van der Waals surface area contributed by atoms with E-state index in [2.05, 4.69) is 206 Å². The second-order valence-corrected chi connectivity index (χ2v) is 19.8. The summed E-state index contributed by atoms with van der Waals surface area (Å²) in [5, 5.41) is 6.82. The first-order valence-electron chi connectivity index (χ1n) is 18.1. The fourth-order valence-electron chi connectivity index (χ4n) is 7.61. The van der Waals surface area contributed by atoms with Gasteiger partial charge in [0.15, 0.2) is 0 Å². The minimum absolute atomic E-state index is 0.871. The van der Waals surface area contributed by atoms with Crippen molar-refractivity contribution in [2.24, 2.45) is 0 Å². The molecule has 0 fully saturated rings. The largest absolute Gasteiger partial charge is 0.245 e. The van der Waals surface area contributed by atoms with Crippen LogP contribution in [0.5, 0.6) is 0 Å². The van der Waals surface area contributed by atoms with Gasteiger partial charge in [-0.3, -0.25) is 0 Å². The zero-order valence-electron chi connectivity index (χ0n) is 29.8. The van der Waals surface area contributed by atoms with Crippen molar-refractivity contribution in [3.8, 4) is 22.3 Å².